The lowest BCUT2D eigenvalue weighted by Crippen LogP contribution is -2.48. The van der Waals surface area contributed by atoms with Crippen molar-refractivity contribution in [2.24, 2.45) is 0 Å². The standard InChI is InChI=1S/C52H76N2O6/c1-5-7-9-11-13-15-17-19-21-23-25-27-29-31-33-35-51(57)54(43-45-37-39-48(56)50(41-45)60-4)46(52(58)53-42-44-36-38-47(55)49(40-44)59-3)34-32-30-28-26-24-22-20-18-16-14-12-10-8-6-2/h14,16,20,22,25-29,31,33,35-41,46,55-56H,5-13,15,17-19,21,23-24,30,32,34,42-43H2,1-4H3,(H,53,58)/b16-14-,22-20-,27-25?,28-26-,31-29?,35-33?. The summed E-state index contributed by atoms with van der Waals surface area (Å²) in [5, 5.41) is 23.4. The number of rotatable bonds is 33. The highest BCUT2D eigenvalue weighted by atomic mass is 16.5. The maximum absolute atomic E-state index is 14.1. The van der Waals surface area contributed by atoms with Crippen LogP contribution in [0.15, 0.2) is 109 Å². The van der Waals surface area contributed by atoms with Crippen LogP contribution in [-0.2, 0) is 22.7 Å². The molecule has 1 atom stereocenters. The molecule has 8 heteroatoms. The van der Waals surface area contributed by atoms with Crippen molar-refractivity contribution in [2.45, 2.75) is 155 Å². The minimum absolute atomic E-state index is 0.00542. The lowest BCUT2D eigenvalue weighted by molar-refractivity contribution is -0.138. The number of allylic oxidation sites excluding steroid dienone is 11. The van der Waals surface area contributed by atoms with Crippen molar-refractivity contribution in [2.75, 3.05) is 14.2 Å². The normalized spacial score (nSPS) is 12.5. The van der Waals surface area contributed by atoms with Crippen LogP contribution >= 0.6 is 0 Å². The number of benzene rings is 2. The number of nitrogens with one attached hydrogen (secondary N) is 1. The Balaban J connectivity index is 2.16. The summed E-state index contributed by atoms with van der Waals surface area (Å²) in [5.41, 5.74) is 1.46. The zero-order valence-corrected chi connectivity index (χ0v) is 37.3. The molecule has 0 fully saturated rings. The fourth-order valence-electron chi connectivity index (χ4n) is 6.75. The number of nitrogens with zero attached hydrogens (tertiary/aromatic N) is 1. The molecule has 0 aromatic heterocycles. The van der Waals surface area contributed by atoms with E-state index >= 15 is 0 Å². The average Bonchev–Trinajstić information content (AvgIpc) is 3.25. The molecule has 2 aromatic rings. The van der Waals surface area contributed by atoms with Gasteiger partial charge in [0.1, 0.15) is 6.04 Å². The number of phenolic OH excluding ortho intramolecular Hbond substituents is 2. The molecule has 3 N–H and O–H groups in total. The molecule has 0 saturated carbocycles. The number of methoxy groups -OCH3 is 2. The molecule has 8 nitrogen and oxygen atoms in total. The van der Waals surface area contributed by atoms with Gasteiger partial charge in [0, 0.05) is 19.2 Å². The number of carbonyl (C=O) groups excluding carboxylic acids is 2. The van der Waals surface area contributed by atoms with Gasteiger partial charge in [0.2, 0.25) is 11.8 Å². The molecular weight excluding hydrogens is 749 g/mol. The minimum atomic E-state index is -0.793. The summed E-state index contributed by atoms with van der Waals surface area (Å²) >= 11 is 0. The summed E-state index contributed by atoms with van der Waals surface area (Å²) in [6, 6.07) is 9.10. The van der Waals surface area contributed by atoms with Crippen LogP contribution in [0.3, 0.4) is 0 Å². The van der Waals surface area contributed by atoms with E-state index in [2.05, 4.69) is 61.7 Å². The smallest absolute Gasteiger partial charge is 0.247 e. The molecule has 0 radical (unpaired) electrons. The first kappa shape index (κ1) is 51.2. The SMILES string of the molecule is CCCCC/C=C\C/C=C\C/C=C\CCCC(C(=O)NCc1ccc(O)c(OC)c1)N(Cc1ccc(O)c(OC)c1)C(=O)C=CC=CC=CCCCCCCCCCCC. The van der Waals surface area contributed by atoms with Crippen molar-refractivity contribution >= 4 is 11.8 Å². The van der Waals surface area contributed by atoms with Gasteiger partial charge in [-0.1, -0.05) is 157 Å². The summed E-state index contributed by atoms with van der Waals surface area (Å²) in [5.74, 6) is 0.00976. The van der Waals surface area contributed by atoms with Gasteiger partial charge in [0.25, 0.3) is 0 Å². The fraction of sp³-hybridized carbons (Fsp3) is 0.500. The Bertz CT molecular complexity index is 1660. The summed E-state index contributed by atoms with van der Waals surface area (Å²) in [7, 11) is 2.96. The molecule has 0 spiro atoms. The molecule has 0 bridgehead atoms. The molecule has 0 aliphatic carbocycles. The maximum atomic E-state index is 14.1. The molecule has 0 aliphatic rings. The number of amides is 2. The monoisotopic (exact) mass is 825 g/mol. The van der Waals surface area contributed by atoms with E-state index in [4.69, 9.17) is 9.47 Å². The van der Waals surface area contributed by atoms with E-state index in [0.717, 1.165) is 37.7 Å². The van der Waals surface area contributed by atoms with Crippen molar-refractivity contribution in [3.63, 3.8) is 0 Å². The molecule has 0 aliphatic heterocycles. The third kappa shape index (κ3) is 23.0. The van der Waals surface area contributed by atoms with Gasteiger partial charge < -0.3 is 29.9 Å². The fourth-order valence-corrected chi connectivity index (χ4v) is 6.75. The number of phenols is 2. The first-order valence-corrected chi connectivity index (χ1v) is 22.6. The number of aromatic hydroxyl groups is 2. The van der Waals surface area contributed by atoms with Crippen LogP contribution in [0, 0.1) is 0 Å². The molecule has 0 heterocycles. The zero-order chi connectivity index (χ0) is 43.5. The van der Waals surface area contributed by atoms with Gasteiger partial charge in [0.05, 0.1) is 14.2 Å². The van der Waals surface area contributed by atoms with E-state index in [0.29, 0.717) is 24.2 Å². The highest BCUT2D eigenvalue weighted by Crippen LogP contribution is 2.28. The van der Waals surface area contributed by atoms with Gasteiger partial charge >= 0.3 is 0 Å². The van der Waals surface area contributed by atoms with Crippen molar-refractivity contribution in [3.05, 3.63) is 120 Å². The predicted molar refractivity (Wildman–Crippen MR) is 249 cm³/mol. The predicted octanol–water partition coefficient (Wildman–Crippen LogP) is 12.9. The Hall–Kier alpha value is -4.98. The summed E-state index contributed by atoms with van der Waals surface area (Å²) < 4.78 is 10.6. The van der Waals surface area contributed by atoms with Gasteiger partial charge in [0.15, 0.2) is 23.0 Å². The second-order valence-corrected chi connectivity index (χ2v) is 15.3. The van der Waals surface area contributed by atoms with Crippen LogP contribution < -0.4 is 14.8 Å². The van der Waals surface area contributed by atoms with Crippen molar-refractivity contribution in [3.8, 4) is 23.0 Å². The maximum Gasteiger partial charge on any atom is 0.247 e. The van der Waals surface area contributed by atoms with E-state index in [1.807, 2.05) is 18.2 Å². The van der Waals surface area contributed by atoms with Gasteiger partial charge in [-0.05, 0) is 93.2 Å². The first-order chi connectivity index (χ1) is 29.3. The molecule has 1 unspecified atom stereocenters. The zero-order valence-electron chi connectivity index (χ0n) is 37.3. The van der Waals surface area contributed by atoms with E-state index in [1.54, 1.807) is 35.2 Å². The van der Waals surface area contributed by atoms with Gasteiger partial charge in [-0.25, -0.2) is 0 Å². The third-order valence-electron chi connectivity index (χ3n) is 10.3. The second-order valence-electron chi connectivity index (χ2n) is 15.3. The highest BCUT2D eigenvalue weighted by Gasteiger charge is 2.29. The number of ether oxygens (including phenoxy) is 2. The molecule has 330 valence electrons. The molecule has 2 aromatic carbocycles. The topological polar surface area (TPSA) is 108 Å². The van der Waals surface area contributed by atoms with Crippen molar-refractivity contribution in [1.82, 2.24) is 10.2 Å². The molecule has 2 rings (SSSR count). The van der Waals surface area contributed by atoms with E-state index < -0.39 is 6.04 Å². The van der Waals surface area contributed by atoms with E-state index in [9.17, 15) is 19.8 Å². The minimum Gasteiger partial charge on any atom is -0.504 e. The molecule has 0 saturated heterocycles. The molecule has 60 heavy (non-hydrogen) atoms. The first-order valence-electron chi connectivity index (χ1n) is 22.6. The molecule has 2 amide bonds. The van der Waals surface area contributed by atoms with Crippen LogP contribution in [0.25, 0.3) is 0 Å². The lowest BCUT2D eigenvalue weighted by Gasteiger charge is -2.30. The Kier molecular flexibility index (Phi) is 28.8. The lowest BCUT2D eigenvalue weighted by atomic mass is 10.0. The van der Waals surface area contributed by atoms with Crippen LogP contribution in [-0.4, -0.2) is 47.2 Å². The Morgan fingerprint density at radius 3 is 1.75 bits per heavy atom. The summed E-state index contributed by atoms with van der Waals surface area (Å²) in [6.07, 6.45) is 45.6. The second kappa shape index (κ2) is 33.8. The van der Waals surface area contributed by atoms with Gasteiger partial charge in [-0.3, -0.25) is 9.59 Å². The van der Waals surface area contributed by atoms with Crippen LogP contribution in [0.2, 0.25) is 0 Å². The third-order valence-corrected chi connectivity index (χ3v) is 10.3. The number of hydrogen-bond acceptors (Lipinski definition) is 6. The number of carbonyl (C=O) groups is 2. The van der Waals surface area contributed by atoms with E-state index in [1.165, 1.54) is 109 Å². The van der Waals surface area contributed by atoms with Crippen LogP contribution in [0.4, 0.5) is 0 Å². The number of hydrogen-bond donors (Lipinski definition) is 3. The van der Waals surface area contributed by atoms with Crippen LogP contribution in [0.1, 0.15) is 147 Å². The van der Waals surface area contributed by atoms with E-state index in [-0.39, 0.29) is 42.2 Å². The largest absolute Gasteiger partial charge is 0.504 e. The Morgan fingerprint density at radius 1 is 0.617 bits per heavy atom. The van der Waals surface area contributed by atoms with Gasteiger partial charge in [-0.2, -0.15) is 0 Å². The van der Waals surface area contributed by atoms with Crippen molar-refractivity contribution < 1.29 is 29.3 Å². The molecular formula is C52H76N2O6. The Morgan fingerprint density at radius 2 is 1.12 bits per heavy atom. The Labute approximate surface area is 362 Å². The highest BCUT2D eigenvalue weighted by molar-refractivity contribution is 5.93. The van der Waals surface area contributed by atoms with Crippen LogP contribution in [0.5, 0.6) is 23.0 Å². The van der Waals surface area contributed by atoms with Gasteiger partial charge in [-0.15, -0.1) is 0 Å². The average molecular weight is 825 g/mol. The van der Waals surface area contributed by atoms with Crippen molar-refractivity contribution in [1.29, 1.82) is 0 Å². The number of unbranched alkanes of at least 4 members (excludes halogenated alkanes) is 13. The summed E-state index contributed by atoms with van der Waals surface area (Å²) in [6.45, 7) is 4.79. The quantitative estimate of drug-likeness (QED) is 0.0286. The summed E-state index contributed by atoms with van der Waals surface area (Å²) in [4.78, 5) is 29.7.